The molecule has 2 atom stereocenters. The minimum absolute atomic E-state index is 0.0147. The summed E-state index contributed by atoms with van der Waals surface area (Å²) in [4.78, 5) is 4.51. The summed E-state index contributed by atoms with van der Waals surface area (Å²) in [6.45, 7) is 1.77. The molecule has 0 bridgehead atoms. The number of aryl methyl sites for hydroxylation is 1. The van der Waals surface area contributed by atoms with Crippen molar-refractivity contribution in [3.8, 4) is 29.0 Å². The number of rotatable bonds is 8. The Morgan fingerprint density at radius 3 is 2.31 bits per heavy atom. The molecule has 1 aliphatic heterocycles. The largest absolute Gasteiger partial charge is 0.486 e. The molecule has 0 spiro atoms. The van der Waals surface area contributed by atoms with Gasteiger partial charge >= 0.3 is 0 Å². The number of β-amino-alcohol motifs (C(OH)–C–C–N with tert-alkyl or cyclic N) is 1. The number of thioether (sulfide) groups is 1. The van der Waals surface area contributed by atoms with Crippen molar-refractivity contribution in [1.29, 1.82) is 10.5 Å². The van der Waals surface area contributed by atoms with Crippen LogP contribution in [-0.2, 0) is 15.8 Å². The van der Waals surface area contributed by atoms with Crippen molar-refractivity contribution in [1.82, 2.24) is 9.29 Å². The number of hydrogen-bond acceptors (Lipinski definition) is 9. The van der Waals surface area contributed by atoms with Crippen LogP contribution in [0, 0.1) is 29.6 Å². The van der Waals surface area contributed by atoms with Crippen molar-refractivity contribution in [2.45, 2.75) is 34.8 Å². The van der Waals surface area contributed by atoms with Crippen molar-refractivity contribution >= 4 is 27.6 Å². The minimum atomic E-state index is -3.79. The second-order valence-electron chi connectivity index (χ2n) is 9.81. The molecule has 11 heteroatoms. The molecule has 4 aromatic rings. The summed E-state index contributed by atoms with van der Waals surface area (Å²) >= 11 is 1.36. The molecule has 0 aliphatic carbocycles. The summed E-state index contributed by atoms with van der Waals surface area (Å²) in [5, 5.41) is 31.0. The molecular weight excluding hydrogens is 571 g/mol. The molecule has 212 valence electrons. The third-order valence-corrected chi connectivity index (χ3v) is 9.82. The van der Waals surface area contributed by atoms with Gasteiger partial charge in [0.05, 0.1) is 17.0 Å². The molecular formula is C31H27N5O4S2. The lowest BCUT2D eigenvalue weighted by Crippen LogP contribution is -2.31. The number of nitriles is 2. The van der Waals surface area contributed by atoms with Crippen LogP contribution in [0.2, 0.25) is 0 Å². The Bertz CT molecular complexity index is 1780. The topological polar surface area (TPSA) is 153 Å². The summed E-state index contributed by atoms with van der Waals surface area (Å²) in [5.74, 6) is 1.00. The molecule has 0 saturated carbocycles. The second kappa shape index (κ2) is 12.2. The number of nitrogens with zero attached hydrogens (tertiary/aromatic N) is 4. The summed E-state index contributed by atoms with van der Waals surface area (Å²) < 4.78 is 33.4. The standard InChI is InChI=1S/C31H27N5O4S2/c1-20-7-13-24(14-8-20)42(38,39)36-17-27(37)28(18-36)40-23-11-9-22(10-12-23)29-25(15-32)30(34)35-31(26(29)16-33)41-19-21-5-3-2-4-6-21/h2-14,27-28,37H,17-19H2,1H3,(H2,34,35). The average molecular weight is 598 g/mol. The number of nitrogen functional groups attached to an aromatic ring is 1. The van der Waals surface area contributed by atoms with Crippen LogP contribution >= 0.6 is 11.8 Å². The van der Waals surface area contributed by atoms with Gasteiger partial charge in [-0.1, -0.05) is 60.2 Å². The summed E-state index contributed by atoms with van der Waals surface area (Å²) in [5.41, 5.74) is 9.45. The predicted molar refractivity (Wildman–Crippen MR) is 160 cm³/mol. The van der Waals surface area contributed by atoms with E-state index in [0.29, 0.717) is 27.7 Å². The van der Waals surface area contributed by atoms with Gasteiger partial charge in [0.25, 0.3) is 0 Å². The molecule has 0 radical (unpaired) electrons. The number of ether oxygens (including phenoxy) is 1. The Labute approximate surface area is 248 Å². The van der Waals surface area contributed by atoms with E-state index < -0.39 is 22.2 Å². The number of aliphatic hydroxyl groups is 1. The van der Waals surface area contributed by atoms with Gasteiger partial charge in [0.2, 0.25) is 10.0 Å². The third kappa shape index (κ3) is 5.96. The van der Waals surface area contributed by atoms with E-state index in [-0.39, 0.29) is 34.9 Å². The summed E-state index contributed by atoms with van der Waals surface area (Å²) in [7, 11) is -3.79. The Hall–Kier alpha value is -4.39. The number of hydrogen-bond donors (Lipinski definition) is 2. The fourth-order valence-electron chi connectivity index (χ4n) is 4.69. The van der Waals surface area contributed by atoms with E-state index in [1.165, 1.54) is 16.1 Å². The second-order valence-corrected chi connectivity index (χ2v) is 12.7. The Morgan fingerprint density at radius 1 is 1.00 bits per heavy atom. The number of anilines is 1. The van der Waals surface area contributed by atoms with Gasteiger partial charge in [0.1, 0.15) is 46.5 Å². The lowest BCUT2D eigenvalue weighted by Gasteiger charge is -2.18. The summed E-state index contributed by atoms with van der Waals surface area (Å²) in [6, 6.07) is 27.3. The maximum absolute atomic E-state index is 13.1. The minimum Gasteiger partial charge on any atom is -0.486 e. The van der Waals surface area contributed by atoms with E-state index in [1.807, 2.05) is 37.3 Å². The van der Waals surface area contributed by atoms with E-state index in [1.54, 1.807) is 48.5 Å². The molecule has 1 aromatic heterocycles. The number of aliphatic hydroxyl groups excluding tert-OH is 1. The number of aromatic nitrogens is 1. The Balaban J connectivity index is 1.36. The summed E-state index contributed by atoms with van der Waals surface area (Å²) in [6.07, 6.45) is -1.80. The maximum Gasteiger partial charge on any atom is 0.243 e. The van der Waals surface area contributed by atoms with Crippen LogP contribution in [0.25, 0.3) is 11.1 Å². The first-order chi connectivity index (χ1) is 20.2. The predicted octanol–water partition coefficient (Wildman–Crippen LogP) is 4.49. The fraction of sp³-hybridized carbons (Fsp3) is 0.194. The highest BCUT2D eigenvalue weighted by Gasteiger charge is 2.40. The maximum atomic E-state index is 13.1. The van der Waals surface area contributed by atoms with Gasteiger partial charge in [0.15, 0.2) is 0 Å². The van der Waals surface area contributed by atoms with Gasteiger partial charge in [-0.25, -0.2) is 13.4 Å². The van der Waals surface area contributed by atoms with Gasteiger partial charge in [0, 0.05) is 17.9 Å². The van der Waals surface area contributed by atoms with Crippen LogP contribution in [0.5, 0.6) is 5.75 Å². The number of benzene rings is 3. The molecule has 42 heavy (non-hydrogen) atoms. The van der Waals surface area contributed by atoms with E-state index >= 15 is 0 Å². The van der Waals surface area contributed by atoms with Crippen molar-refractivity contribution in [2.24, 2.45) is 0 Å². The first-order valence-electron chi connectivity index (χ1n) is 13.0. The van der Waals surface area contributed by atoms with E-state index in [9.17, 15) is 24.0 Å². The molecule has 3 N–H and O–H groups in total. The molecule has 0 amide bonds. The Morgan fingerprint density at radius 2 is 1.67 bits per heavy atom. The number of nitrogens with two attached hydrogens (primary N) is 1. The smallest absolute Gasteiger partial charge is 0.243 e. The number of sulfonamides is 1. The van der Waals surface area contributed by atoms with Crippen molar-refractivity contribution in [3.63, 3.8) is 0 Å². The molecule has 3 aromatic carbocycles. The molecule has 2 heterocycles. The van der Waals surface area contributed by atoms with Gasteiger partial charge < -0.3 is 15.6 Å². The van der Waals surface area contributed by atoms with Crippen molar-refractivity contribution in [3.05, 3.63) is 101 Å². The lowest BCUT2D eigenvalue weighted by atomic mass is 9.97. The van der Waals surface area contributed by atoms with E-state index in [2.05, 4.69) is 17.1 Å². The third-order valence-electron chi connectivity index (χ3n) is 6.93. The zero-order valence-corrected chi connectivity index (χ0v) is 24.3. The Kier molecular flexibility index (Phi) is 8.48. The molecule has 9 nitrogen and oxygen atoms in total. The quantitative estimate of drug-likeness (QED) is 0.280. The normalized spacial score (nSPS) is 17.0. The molecule has 2 unspecified atom stereocenters. The highest BCUT2D eigenvalue weighted by molar-refractivity contribution is 7.98. The van der Waals surface area contributed by atoms with Gasteiger partial charge in [-0.3, -0.25) is 0 Å². The van der Waals surface area contributed by atoms with Crippen LogP contribution in [-0.4, -0.2) is 48.1 Å². The van der Waals surface area contributed by atoms with Crippen molar-refractivity contribution < 1.29 is 18.3 Å². The average Bonchev–Trinajstić information content (AvgIpc) is 3.37. The lowest BCUT2D eigenvalue weighted by molar-refractivity contribution is 0.0737. The van der Waals surface area contributed by atoms with Gasteiger partial charge in [-0.05, 0) is 42.3 Å². The van der Waals surface area contributed by atoms with Crippen LogP contribution in [0.15, 0.2) is 88.8 Å². The van der Waals surface area contributed by atoms with E-state index in [0.717, 1.165) is 11.1 Å². The zero-order valence-electron chi connectivity index (χ0n) is 22.6. The SMILES string of the molecule is Cc1ccc(S(=O)(=O)N2CC(O)C(Oc3ccc(-c4c(C#N)c(N)nc(SCc5ccccc5)c4C#N)cc3)C2)cc1. The number of pyridine rings is 1. The van der Waals surface area contributed by atoms with E-state index in [4.69, 9.17) is 10.5 Å². The van der Waals surface area contributed by atoms with Crippen molar-refractivity contribution in [2.75, 3.05) is 18.8 Å². The molecule has 1 aliphatic rings. The first kappa shape index (κ1) is 29.1. The van der Waals surface area contributed by atoms with Gasteiger partial charge in [-0.2, -0.15) is 14.8 Å². The molecule has 5 rings (SSSR count). The van der Waals surface area contributed by atoms with Gasteiger partial charge in [-0.15, -0.1) is 11.8 Å². The van der Waals surface area contributed by atoms with Crippen LogP contribution in [0.1, 0.15) is 22.3 Å². The molecule has 1 saturated heterocycles. The van der Waals surface area contributed by atoms with Crippen LogP contribution < -0.4 is 10.5 Å². The monoisotopic (exact) mass is 597 g/mol. The van der Waals surface area contributed by atoms with Crippen LogP contribution in [0.4, 0.5) is 5.82 Å². The van der Waals surface area contributed by atoms with Crippen LogP contribution in [0.3, 0.4) is 0 Å². The highest BCUT2D eigenvalue weighted by atomic mass is 32.2. The zero-order chi connectivity index (χ0) is 29.9. The molecule has 1 fully saturated rings. The fourth-order valence-corrected chi connectivity index (χ4v) is 7.11. The first-order valence-corrected chi connectivity index (χ1v) is 15.5. The highest BCUT2D eigenvalue weighted by Crippen LogP contribution is 2.37.